The fraction of sp³-hybridized carbons (Fsp3) is 0.286. The second-order valence-corrected chi connectivity index (χ2v) is 5.13. The highest BCUT2D eigenvalue weighted by atomic mass is 32.1. The number of carbonyl (C=O) groups is 1. The fourth-order valence-electron chi connectivity index (χ4n) is 2.25. The van der Waals surface area contributed by atoms with E-state index in [1.54, 1.807) is 11.0 Å². The van der Waals surface area contributed by atoms with Gasteiger partial charge in [-0.1, -0.05) is 30.4 Å². The molecule has 2 heterocycles. The van der Waals surface area contributed by atoms with Gasteiger partial charge < -0.3 is 19.8 Å². The second kappa shape index (κ2) is 5.22. The Bertz CT molecular complexity index is 634. The average Bonchev–Trinajstić information content (AvgIpc) is 2.90. The van der Waals surface area contributed by atoms with Crippen LogP contribution in [0.25, 0.3) is 11.0 Å². The first kappa shape index (κ1) is 13.1. The zero-order valence-corrected chi connectivity index (χ0v) is 11.6. The van der Waals surface area contributed by atoms with E-state index < -0.39 is 0 Å². The first-order valence-electron chi connectivity index (χ1n) is 6.34. The number of amides is 1. The molecule has 2 N–H and O–H groups in total. The smallest absolute Gasteiger partial charge is 0.289 e. The maximum Gasteiger partial charge on any atom is 0.289 e. The Balaban J connectivity index is 1.82. The van der Waals surface area contributed by atoms with Gasteiger partial charge in [0.25, 0.3) is 5.91 Å². The molecule has 3 rings (SSSR count). The number of hydrogen-bond donors (Lipinski definition) is 1. The predicted molar refractivity (Wildman–Crippen MR) is 78.6 cm³/mol. The Hall–Kier alpha value is -1.92. The summed E-state index contributed by atoms with van der Waals surface area (Å²) >= 11 is 4.92. The van der Waals surface area contributed by atoms with E-state index in [1.165, 1.54) is 0 Å². The number of carbonyl (C=O) groups excluding carboxylic acids is 1. The lowest BCUT2D eigenvalue weighted by Gasteiger charge is -2.31. The van der Waals surface area contributed by atoms with E-state index in [1.807, 2.05) is 24.3 Å². The number of rotatable bonds is 2. The minimum Gasteiger partial charge on any atom is -0.451 e. The molecular formula is C14H14N2O3S. The van der Waals surface area contributed by atoms with Crippen molar-refractivity contribution < 1.29 is 13.9 Å². The summed E-state index contributed by atoms with van der Waals surface area (Å²) in [7, 11) is 0. The quantitative estimate of drug-likeness (QED) is 0.850. The molecular weight excluding hydrogens is 276 g/mol. The topological polar surface area (TPSA) is 68.7 Å². The van der Waals surface area contributed by atoms with Crippen LogP contribution in [0.2, 0.25) is 0 Å². The lowest BCUT2D eigenvalue weighted by Crippen LogP contribution is -2.49. The minimum absolute atomic E-state index is 0.161. The van der Waals surface area contributed by atoms with Gasteiger partial charge in [0.1, 0.15) is 16.7 Å². The van der Waals surface area contributed by atoms with Gasteiger partial charge >= 0.3 is 0 Å². The largest absolute Gasteiger partial charge is 0.451 e. The molecule has 1 aliphatic rings. The molecule has 1 amide bonds. The SMILES string of the molecule is NC(=S)C1CN(C(=O)c2cc3ccccc3o2)CCO1. The normalized spacial score (nSPS) is 19.2. The fourth-order valence-corrected chi connectivity index (χ4v) is 2.39. The van der Waals surface area contributed by atoms with Gasteiger partial charge in [0.15, 0.2) is 5.76 Å². The van der Waals surface area contributed by atoms with Gasteiger partial charge in [0.05, 0.1) is 13.2 Å². The van der Waals surface area contributed by atoms with Crippen LogP contribution in [0.15, 0.2) is 34.7 Å². The lowest BCUT2D eigenvalue weighted by molar-refractivity contribution is 0.00743. The van der Waals surface area contributed by atoms with Gasteiger partial charge in [-0.15, -0.1) is 0 Å². The average molecular weight is 290 g/mol. The number of ether oxygens (including phenoxy) is 1. The highest BCUT2D eigenvalue weighted by Gasteiger charge is 2.28. The summed E-state index contributed by atoms with van der Waals surface area (Å²) in [5, 5.41) is 0.912. The van der Waals surface area contributed by atoms with Crippen LogP contribution in [0, 0.1) is 0 Å². The van der Waals surface area contributed by atoms with E-state index in [2.05, 4.69) is 0 Å². The van der Waals surface area contributed by atoms with Crippen molar-refractivity contribution >= 4 is 34.1 Å². The van der Waals surface area contributed by atoms with E-state index in [0.717, 1.165) is 5.39 Å². The third-order valence-electron chi connectivity index (χ3n) is 3.31. The zero-order valence-electron chi connectivity index (χ0n) is 10.7. The Kier molecular flexibility index (Phi) is 3.42. The molecule has 1 saturated heterocycles. The summed E-state index contributed by atoms with van der Waals surface area (Å²) in [6.45, 7) is 1.30. The molecule has 0 saturated carbocycles. The Morgan fingerprint density at radius 1 is 1.40 bits per heavy atom. The molecule has 5 nitrogen and oxygen atoms in total. The van der Waals surface area contributed by atoms with Crippen molar-refractivity contribution in [2.75, 3.05) is 19.7 Å². The van der Waals surface area contributed by atoms with Crippen molar-refractivity contribution in [2.45, 2.75) is 6.10 Å². The molecule has 1 fully saturated rings. The number of hydrogen-bond acceptors (Lipinski definition) is 4. The molecule has 0 spiro atoms. The summed E-state index contributed by atoms with van der Waals surface area (Å²) in [4.78, 5) is 14.4. The lowest BCUT2D eigenvalue weighted by atomic mass is 10.2. The van der Waals surface area contributed by atoms with Crippen LogP contribution in [0.3, 0.4) is 0 Å². The second-order valence-electron chi connectivity index (χ2n) is 4.66. The van der Waals surface area contributed by atoms with E-state index in [0.29, 0.717) is 31.0 Å². The van der Waals surface area contributed by atoms with E-state index in [-0.39, 0.29) is 17.0 Å². The van der Waals surface area contributed by atoms with Gasteiger partial charge in [0.2, 0.25) is 0 Å². The Morgan fingerprint density at radius 3 is 2.95 bits per heavy atom. The van der Waals surface area contributed by atoms with Crippen LogP contribution >= 0.6 is 12.2 Å². The van der Waals surface area contributed by atoms with Crippen molar-refractivity contribution in [2.24, 2.45) is 5.73 Å². The molecule has 20 heavy (non-hydrogen) atoms. The number of morpholine rings is 1. The van der Waals surface area contributed by atoms with E-state index in [4.69, 9.17) is 27.1 Å². The zero-order chi connectivity index (χ0) is 14.1. The molecule has 0 bridgehead atoms. The van der Waals surface area contributed by atoms with Gasteiger partial charge in [-0.25, -0.2) is 0 Å². The number of nitrogens with two attached hydrogens (primary N) is 1. The van der Waals surface area contributed by atoms with Crippen molar-refractivity contribution in [3.8, 4) is 0 Å². The van der Waals surface area contributed by atoms with Crippen LogP contribution in [0.5, 0.6) is 0 Å². The third kappa shape index (κ3) is 2.39. The minimum atomic E-state index is -0.382. The van der Waals surface area contributed by atoms with Gasteiger partial charge in [-0.2, -0.15) is 0 Å². The monoisotopic (exact) mass is 290 g/mol. The Labute approximate surface area is 121 Å². The Morgan fingerprint density at radius 2 is 2.20 bits per heavy atom. The molecule has 2 aromatic rings. The van der Waals surface area contributed by atoms with Crippen molar-refractivity contribution in [1.29, 1.82) is 0 Å². The number of furan rings is 1. The molecule has 1 aromatic heterocycles. The summed E-state index contributed by atoms with van der Waals surface area (Å²) in [5.41, 5.74) is 6.28. The molecule has 6 heteroatoms. The molecule has 1 unspecified atom stereocenters. The molecule has 1 atom stereocenters. The van der Waals surface area contributed by atoms with Gasteiger partial charge in [-0.3, -0.25) is 4.79 Å². The molecule has 1 aliphatic heterocycles. The van der Waals surface area contributed by atoms with Gasteiger partial charge in [0, 0.05) is 11.9 Å². The molecule has 0 aliphatic carbocycles. The third-order valence-corrected chi connectivity index (χ3v) is 3.57. The molecule has 104 valence electrons. The maximum absolute atomic E-state index is 12.4. The first-order chi connectivity index (χ1) is 9.65. The maximum atomic E-state index is 12.4. The van der Waals surface area contributed by atoms with Crippen LogP contribution < -0.4 is 5.73 Å². The molecule has 0 radical (unpaired) electrons. The number of thiocarbonyl (C=S) groups is 1. The summed E-state index contributed by atoms with van der Waals surface area (Å²) in [6.07, 6.45) is -0.382. The summed E-state index contributed by atoms with van der Waals surface area (Å²) in [5.74, 6) is 0.167. The summed E-state index contributed by atoms with van der Waals surface area (Å²) < 4.78 is 11.0. The van der Waals surface area contributed by atoms with Crippen molar-refractivity contribution in [3.05, 3.63) is 36.1 Å². The van der Waals surface area contributed by atoms with Gasteiger partial charge in [-0.05, 0) is 12.1 Å². The number of benzene rings is 1. The van der Waals surface area contributed by atoms with Crippen LogP contribution in [0.1, 0.15) is 10.6 Å². The van der Waals surface area contributed by atoms with Crippen LogP contribution in [0.4, 0.5) is 0 Å². The van der Waals surface area contributed by atoms with Crippen molar-refractivity contribution in [3.63, 3.8) is 0 Å². The summed E-state index contributed by atoms with van der Waals surface area (Å²) in [6, 6.07) is 9.28. The highest BCUT2D eigenvalue weighted by Crippen LogP contribution is 2.21. The first-order valence-corrected chi connectivity index (χ1v) is 6.75. The highest BCUT2D eigenvalue weighted by molar-refractivity contribution is 7.80. The number of fused-ring (bicyclic) bond motifs is 1. The van der Waals surface area contributed by atoms with Crippen LogP contribution in [-0.4, -0.2) is 41.6 Å². The number of para-hydroxylation sites is 1. The van der Waals surface area contributed by atoms with Crippen molar-refractivity contribution in [1.82, 2.24) is 4.90 Å². The van der Waals surface area contributed by atoms with Crippen LogP contribution in [-0.2, 0) is 4.74 Å². The van der Waals surface area contributed by atoms with E-state index in [9.17, 15) is 4.79 Å². The predicted octanol–water partition coefficient (Wildman–Crippen LogP) is 1.56. The molecule has 1 aromatic carbocycles. The number of nitrogens with zero attached hydrogens (tertiary/aromatic N) is 1. The standard InChI is InChI=1S/C14H14N2O3S/c15-13(20)12-8-16(5-6-18-12)14(17)11-7-9-3-1-2-4-10(9)19-11/h1-4,7,12H,5-6,8H2,(H2,15,20). The van der Waals surface area contributed by atoms with E-state index >= 15 is 0 Å².